The summed E-state index contributed by atoms with van der Waals surface area (Å²) in [6.45, 7) is -0.132. The summed E-state index contributed by atoms with van der Waals surface area (Å²) in [5, 5.41) is 0. The van der Waals surface area contributed by atoms with Crippen LogP contribution in [0.4, 0.5) is 0 Å². The third-order valence-electron chi connectivity index (χ3n) is 2.36. The Morgan fingerprint density at radius 1 is 1.11 bits per heavy atom. The topological polar surface area (TPSA) is 80.0 Å². The Morgan fingerprint density at radius 2 is 1.67 bits per heavy atom. The minimum Gasteiger partial charge on any atom is -0.496 e. The first-order chi connectivity index (χ1) is 8.65. The van der Waals surface area contributed by atoms with Crippen molar-refractivity contribution in [2.75, 3.05) is 27.9 Å². The van der Waals surface area contributed by atoms with E-state index in [0.29, 0.717) is 22.8 Å². The number of carbonyl (C=O) groups excluding carboxylic acids is 1. The molecular formula is C12H17NO5. The SMILES string of the molecule is COc1cc(OC)c(COC(=O)CN)c(OC)c1. The van der Waals surface area contributed by atoms with E-state index in [1.54, 1.807) is 19.2 Å². The summed E-state index contributed by atoms with van der Waals surface area (Å²) in [4.78, 5) is 11.1. The van der Waals surface area contributed by atoms with Crippen LogP contribution >= 0.6 is 0 Å². The first kappa shape index (κ1) is 14.1. The highest BCUT2D eigenvalue weighted by Crippen LogP contribution is 2.34. The Kier molecular flexibility index (Phi) is 5.26. The highest BCUT2D eigenvalue weighted by molar-refractivity contribution is 5.71. The van der Waals surface area contributed by atoms with Gasteiger partial charge in [0.15, 0.2) is 0 Å². The third kappa shape index (κ3) is 3.27. The number of carbonyl (C=O) groups is 1. The molecule has 100 valence electrons. The summed E-state index contributed by atoms with van der Waals surface area (Å²) in [6.07, 6.45) is 0. The van der Waals surface area contributed by atoms with Gasteiger partial charge in [-0.1, -0.05) is 0 Å². The molecule has 1 aromatic carbocycles. The Bertz CT molecular complexity index is 394. The molecule has 6 heteroatoms. The maximum Gasteiger partial charge on any atom is 0.320 e. The lowest BCUT2D eigenvalue weighted by Crippen LogP contribution is -2.16. The number of rotatable bonds is 6. The molecular weight excluding hydrogens is 238 g/mol. The summed E-state index contributed by atoms with van der Waals surface area (Å²) in [5.41, 5.74) is 5.79. The van der Waals surface area contributed by atoms with Crippen LogP contribution in [0.1, 0.15) is 5.56 Å². The van der Waals surface area contributed by atoms with Gasteiger partial charge in [0.2, 0.25) is 0 Å². The fourth-order valence-corrected chi connectivity index (χ4v) is 1.43. The standard InChI is InChI=1S/C12H17NO5/c1-15-8-4-10(16-2)9(11(5-8)17-3)7-18-12(14)6-13/h4-5H,6-7,13H2,1-3H3. The molecule has 1 rings (SSSR count). The lowest BCUT2D eigenvalue weighted by molar-refractivity contribution is -0.143. The quantitative estimate of drug-likeness (QED) is 0.754. The molecule has 0 bridgehead atoms. The molecule has 0 saturated heterocycles. The number of hydrogen-bond donors (Lipinski definition) is 1. The first-order valence-corrected chi connectivity index (χ1v) is 5.30. The summed E-state index contributed by atoms with van der Waals surface area (Å²) < 4.78 is 20.5. The van der Waals surface area contributed by atoms with Crippen molar-refractivity contribution in [1.29, 1.82) is 0 Å². The van der Waals surface area contributed by atoms with Gasteiger partial charge < -0.3 is 24.7 Å². The Morgan fingerprint density at radius 3 is 2.06 bits per heavy atom. The lowest BCUT2D eigenvalue weighted by atomic mass is 10.1. The van der Waals surface area contributed by atoms with E-state index in [0.717, 1.165) is 0 Å². The molecule has 0 fully saturated rings. The Balaban J connectivity index is 3.03. The second-order valence-corrected chi connectivity index (χ2v) is 3.38. The third-order valence-corrected chi connectivity index (χ3v) is 2.36. The van der Waals surface area contributed by atoms with Crippen LogP contribution in [0, 0.1) is 0 Å². The highest BCUT2D eigenvalue weighted by Gasteiger charge is 2.14. The van der Waals surface area contributed by atoms with Crippen molar-refractivity contribution in [3.63, 3.8) is 0 Å². The summed E-state index contributed by atoms with van der Waals surface area (Å²) in [6, 6.07) is 3.38. The molecule has 0 unspecified atom stereocenters. The average Bonchev–Trinajstić information content (AvgIpc) is 2.43. The van der Waals surface area contributed by atoms with Gasteiger partial charge in [0.1, 0.15) is 23.9 Å². The number of methoxy groups -OCH3 is 3. The van der Waals surface area contributed by atoms with Gasteiger partial charge in [-0.05, 0) is 0 Å². The van der Waals surface area contributed by atoms with E-state index in [1.165, 1.54) is 14.2 Å². The van der Waals surface area contributed by atoms with Crippen molar-refractivity contribution in [3.05, 3.63) is 17.7 Å². The van der Waals surface area contributed by atoms with E-state index >= 15 is 0 Å². The highest BCUT2D eigenvalue weighted by atomic mass is 16.5. The fourth-order valence-electron chi connectivity index (χ4n) is 1.43. The summed E-state index contributed by atoms with van der Waals surface area (Å²) in [5.74, 6) is 1.15. The molecule has 0 saturated carbocycles. The fraction of sp³-hybridized carbons (Fsp3) is 0.417. The van der Waals surface area contributed by atoms with E-state index in [9.17, 15) is 4.79 Å². The molecule has 0 heterocycles. The number of esters is 1. The van der Waals surface area contributed by atoms with Crippen molar-refractivity contribution in [3.8, 4) is 17.2 Å². The van der Waals surface area contributed by atoms with E-state index in [4.69, 9.17) is 24.7 Å². The zero-order chi connectivity index (χ0) is 13.5. The maximum atomic E-state index is 11.1. The predicted molar refractivity (Wildman–Crippen MR) is 64.9 cm³/mol. The molecule has 0 aliphatic carbocycles. The number of nitrogens with two attached hydrogens (primary N) is 1. The van der Waals surface area contributed by atoms with Crippen LogP contribution < -0.4 is 19.9 Å². The van der Waals surface area contributed by atoms with Crippen molar-refractivity contribution < 1.29 is 23.7 Å². The van der Waals surface area contributed by atoms with E-state index in [2.05, 4.69) is 0 Å². The smallest absolute Gasteiger partial charge is 0.320 e. The van der Waals surface area contributed by atoms with Crippen molar-refractivity contribution >= 4 is 5.97 Å². The molecule has 0 aromatic heterocycles. The number of hydrogen-bond acceptors (Lipinski definition) is 6. The lowest BCUT2D eigenvalue weighted by Gasteiger charge is -2.14. The van der Waals surface area contributed by atoms with Crippen LogP contribution in [0.5, 0.6) is 17.2 Å². The van der Waals surface area contributed by atoms with Crippen LogP contribution in [0.25, 0.3) is 0 Å². The molecule has 0 aliphatic rings. The van der Waals surface area contributed by atoms with Gasteiger partial charge in [0.05, 0.1) is 33.4 Å². The number of benzene rings is 1. The predicted octanol–water partition coefficient (Wildman–Crippen LogP) is 0.714. The van der Waals surface area contributed by atoms with Gasteiger partial charge in [-0.15, -0.1) is 0 Å². The normalized spacial score (nSPS) is 9.78. The molecule has 0 radical (unpaired) electrons. The van der Waals surface area contributed by atoms with Crippen molar-refractivity contribution in [2.24, 2.45) is 5.73 Å². The Labute approximate surface area is 106 Å². The average molecular weight is 255 g/mol. The van der Waals surface area contributed by atoms with E-state index < -0.39 is 5.97 Å². The van der Waals surface area contributed by atoms with Crippen LogP contribution in [-0.2, 0) is 16.1 Å². The molecule has 1 aromatic rings. The van der Waals surface area contributed by atoms with Crippen LogP contribution in [0.15, 0.2) is 12.1 Å². The van der Waals surface area contributed by atoms with Gasteiger partial charge in [0.25, 0.3) is 0 Å². The van der Waals surface area contributed by atoms with E-state index in [1.807, 2.05) is 0 Å². The van der Waals surface area contributed by atoms with Gasteiger partial charge >= 0.3 is 5.97 Å². The molecule has 18 heavy (non-hydrogen) atoms. The number of ether oxygens (including phenoxy) is 4. The van der Waals surface area contributed by atoms with Gasteiger partial charge in [-0.3, -0.25) is 4.79 Å². The van der Waals surface area contributed by atoms with Crippen LogP contribution in [0.3, 0.4) is 0 Å². The second-order valence-electron chi connectivity index (χ2n) is 3.38. The van der Waals surface area contributed by atoms with Crippen LogP contribution in [-0.4, -0.2) is 33.8 Å². The van der Waals surface area contributed by atoms with Crippen molar-refractivity contribution in [2.45, 2.75) is 6.61 Å². The summed E-state index contributed by atoms with van der Waals surface area (Å²) in [7, 11) is 4.58. The summed E-state index contributed by atoms with van der Waals surface area (Å²) >= 11 is 0. The second kappa shape index (κ2) is 6.70. The molecule has 0 spiro atoms. The molecule has 2 N–H and O–H groups in total. The zero-order valence-corrected chi connectivity index (χ0v) is 10.7. The van der Waals surface area contributed by atoms with Crippen LogP contribution in [0.2, 0.25) is 0 Å². The first-order valence-electron chi connectivity index (χ1n) is 5.30. The molecule has 0 amide bonds. The molecule has 6 nitrogen and oxygen atoms in total. The zero-order valence-electron chi connectivity index (χ0n) is 10.7. The van der Waals surface area contributed by atoms with Crippen molar-refractivity contribution in [1.82, 2.24) is 0 Å². The largest absolute Gasteiger partial charge is 0.496 e. The van der Waals surface area contributed by atoms with Gasteiger partial charge in [0, 0.05) is 12.1 Å². The maximum absolute atomic E-state index is 11.1. The van der Waals surface area contributed by atoms with Gasteiger partial charge in [-0.2, -0.15) is 0 Å². The van der Waals surface area contributed by atoms with Gasteiger partial charge in [-0.25, -0.2) is 0 Å². The minimum atomic E-state index is -0.491. The monoisotopic (exact) mass is 255 g/mol. The minimum absolute atomic E-state index is 0.0341. The molecule has 0 atom stereocenters. The Hall–Kier alpha value is -1.95. The molecule has 0 aliphatic heterocycles. The van der Waals surface area contributed by atoms with E-state index in [-0.39, 0.29) is 13.2 Å².